The summed E-state index contributed by atoms with van der Waals surface area (Å²) in [5.74, 6) is 0.795. The van der Waals surface area contributed by atoms with Gasteiger partial charge in [-0.2, -0.15) is 0 Å². The third kappa shape index (κ3) is 4.68. The maximum absolute atomic E-state index is 13.3. The lowest BCUT2D eigenvalue weighted by Crippen LogP contribution is -2.31. The van der Waals surface area contributed by atoms with Gasteiger partial charge in [0.05, 0.1) is 14.2 Å². The molecule has 10 heteroatoms. The first-order valence-electron chi connectivity index (χ1n) is 13.9. The van der Waals surface area contributed by atoms with Crippen LogP contribution in [0.2, 0.25) is 0 Å². The number of hydrogen-bond acceptors (Lipinski definition) is 10. The van der Waals surface area contributed by atoms with Crippen molar-refractivity contribution in [3.8, 4) is 45.6 Å². The molecule has 0 spiro atoms. The number of esters is 2. The number of hydrogen-bond donors (Lipinski definition) is 0. The Hall–Kier alpha value is -4.34. The predicted molar refractivity (Wildman–Crippen MR) is 152 cm³/mol. The average molecular weight is 581 g/mol. The second-order valence-corrected chi connectivity index (χ2v) is 10.5. The average Bonchev–Trinajstić information content (AvgIpc) is 3.68. The predicted octanol–water partition coefficient (Wildman–Crippen LogP) is 6.22. The summed E-state index contributed by atoms with van der Waals surface area (Å²) >= 11 is 0. The Morgan fingerprint density at radius 3 is 1.43 bits per heavy atom. The highest BCUT2D eigenvalue weighted by molar-refractivity contribution is 5.92. The molecule has 0 aromatic heterocycles. The molecule has 1 aliphatic carbocycles. The van der Waals surface area contributed by atoms with Crippen LogP contribution in [0.5, 0.6) is 34.5 Å². The third-order valence-electron chi connectivity index (χ3n) is 8.33. The summed E-state index contributed by atoms with van der Waals surface area (Å²) in [6.45, 7) is 10.9. The van der Waals surface area contributed by atoms with Gasteiger partial charge in [-0.25, -0.2) is 9.59 Å². The molecular formula is C32H36O10. The Bertz CT molecular complexity index is 1380. The van der Waals surface area contributed by atoms with Crippen LogP contribution in [0.25, 0.3) is 11.1 Å². The van der Waals surface area contributed by atoms with Crippen molar-refractivity contribution in [3.63, 3.8) is 0 Å². The topological polar surface area (TPSA) is 108 Å². The van der Waals surface area contributed by atoms with Gasteiger partial charge in [-0.3, -0.25) is 0 Å². The number of benzene rings is 2. The van der Waals surface area contributed by atoms with E-state index < -0.39 is 24.1 Å². The largest absolute Gasteiger partial charge is 0.492 e. The standard InChI is InChI=1S/C32H36O10/c1-9-15(3)31(33)41-25-17(5)18(6)26(42-32(34)16(4)10-2)20-12-22-28(40-14-38-22)30(36-8)24(20)23-19(25)11-21-27(29(23)35-7)39-13-37-21/h9-12,17-18,25-26H,13-14H2,1-8H3/t17-,18+,25-,26+. The lowest BCUT2D eigenvalue weighted by Gasteiger charge is -2.38. The lowest BCUT2D eigenvalue weighted by atomic mass is 9.74. The van der Waals surface area contributed by atoms with Crippen LogP contribution in [0.15, 0.2) is 35.4 Å². The number of rotatable bonds is 6. The molecule has 2 aromatic rings. The molecule has 2 heterocycles. The molecule has 0 saturated heterocycles. The molecule has 224 valence electrons. The van der Waals surface area contributed by atoms with E-state index >= 15 is 0 Å². The zero-order valence-electron chi connectivity index (χ0n) is 25.1. The first-order chi connectivity index (χ1) is 20.2. The SMILES string of the molecule is CC=C(C)C(=O)O[C@@H]1c2cc3c(c(OC)c2-c2c(cc4c(c2OC)OCO4)[C@H](OC(=O)C(C)=CC)[C@H](C)[C@@H]1C)OCO3. The number of fused-ring (bicyclic) bond motifs is 5. The highest BCUT2D eigenvalue weighted by Gasteiger charge is 2.45. The first-order valence-corrected chi connectivity index (χ1v) is 13.9. The van der Waals surface area contributed by atoms with Crippen LogP contribution in [0.4, 0.5) is 0 Å². The zero-order valence-corrected chi connectivity index (χ0v) is 25.1. The van der Waals surface area contributed by atoms with Gasteiger partial charge >= 0.3 is 11.9 Å². The van der Waals surface area contributed by atoms with E-state index in [1.54, 1.807) is 39.8 Å². The van der Waals surface area contributed by atoms with Gasteiger partial charge in [-0.05, 0) is 39.8 Å². The Kier molecular flexibility index (Phi) is 7.99. The summed E-state index contributed by atoms with van der Waals surface area (Å²) in [6.07, 6.45) is 1.80. The quantitative estimate of drug-likeness (QED) is 0.289. The van der Waals surface area contributed by atoms with Crippen LogP contribution >= 0.6 is 0 Å². The smallest absolute Gasteiger partial charge is 0.333 e. The highest BCUT2D eigenvalue weighted by Crippen LogP contribution is 2.61. The van der Waals surface area contributed by atoms with Crippen LogP contribution < -0.4 is 28.4 Å². The van der Waals surface area contributed by atoms with E-state index in [1.807, 2.05) is 26.0 Å². The summed E-state index contributed by atoms with van der Waals surface area (Å²) in [7, 11) is 3.05. The molecule has 5 rings (SSSR count). The third-order valence-corrected chi connectivity index (χ3v) is 8.33. The molecule has 2 aliphatic heterocycles. The van der Waals surface area contributed by atoms with Crippen molar-refractivity contribution in [1.29, 1.82) is 0 Å². The number of allylic oxidation sites excluding steroid dienone is 2. The van der Waals surface area contributed by atoms with Crippen LogP contribution in [0, 0.1) is 11.8 Å². The number of carbonyl (C=O) groups is 2. The minimum Gasteiger partial charge on any atom is -0.492 e. The normalized spacial score (nSPS) is 22.4. The van der Waals surface area contributed by atoms with Gasteiger partial charge < -0.3 is 37.9 Å². The molecule has 0 bridgehead atoms. The Labute approximate surface area is 245 Å². The second kappa shape index (κ2) is 11.5. The maximum Gasteiger partial charge on any atom is 0.333 e. The van der Waals surface area contributed by atoms with Gasteiger partial charge in [0.1, 0.15) is 12.2 Å². The van der Waals surface area contributed by atoms with Gasteiger partial charge in [0.25, 0.3) is 0 Å². The molecule has 0 radical (unpaired) electrons. The van der Waals surface area contributed by atoms with E-state index in [2.05, 4.69) is 0 Å². The van der Waals surface area contributed by atoms with Gasteiger partial charge in [0.2, 0.25) is 25.1 Å². The van der Waals surface area contributed by atoms with E-state index in [0.29, 0.717) is 67.9 Å². The number of methoxy groups -OCH3 is 2. The molecule has 0 unspecified atom stereocenters. The first kappa shape index (κ1) is 29.2. The summed E-state index contributed by atoms with van der Waals surface area (Å²) in [5.41, 5.74) is 3.26. The molecule has 0 amide bonds. The van der Waals surface area contributed by atoms with Gasteiger partial charge in [-0.1, -0.05) is 26.0 Å². The van der Waals surface area contributed by atoms with Crippen molar-refractivity contribution in [2.45, 2.75) is 53.8 Å². The molecule has 4 atom stereocenters. The lowest BCUT2D eigenvalue weighted by molar-refractivity contribution is -0.156. The minimum atomic E-state index is -0.798. The maximum atomic E-state index is 13.3. The monoisotopic (exact) mass is 580 g/mol. The van der Waals surface area contributed by atoms with Crippen LogP contribution in [-0.2, 0) is 19.1 Å². The van der Waals surface area contributed by atoms with Gasteiger partial charge in [-0.15, -0.1) is 0 Å². The fourth-order valence-electron chi connectivity index (χ4n) is 5.53. The van der Waals surface area contributed by atoms with Crippen molar-refractivity contribution >= 4 is 11.9 Å². The van der Waals surface area contributed by atoms with E-state index in [9.17, 15) is 9.59 Å². The summed E-state index contributed by atoms with van der Waals surface area (Å²) in [4.78, 5) is 26.5. The molecule has 2 aromatic carbocycles. The number of carbonyl (C=O) groups excluding carboxylic acids is 2. The van der Waals surface area contributed by atoms with Crippen LogP contribution in [-0.4, -0.2) is 39.7 Å². The Balaban J connectivity index is 1.89. The molecular weight excluding hydrogens is 544 g/mol. The van der Waals surface area contributed by atoms with E-state index in [4.69, 9.17) is 37.9 Å². The fraction of sp³-hybridized carbons (Fsp3) is 0.438. The van der Waals surface area contributed by atoms with Crippen LogP contribution in [0.1, 0.15) is 64.9 Å². The summed E-state index contributed by atoms with van der Waals surface area (Å²) < 4.78 is 47.7. The molecule has 0 saturated carbocycles. The molecule has 0 fully saturated rings. The molecule has 0 N–H and O–H groups in total. The minimum absolute atomic E-state index is 0.00330. The number of ether oxygens (including phenoxy) is 8. The summed E-state index contributed by atoms with van der Waals surface area (Å²) in [6, 6.07) is 3.63. The van der Waals surface area contributed by atoms with Crippen molar-refractivity contribution in [2.24, 2.45) is 11.8 Å². The van der Waals surface area contributed by atoms with Crippen molar-refractivity contribution in [3.05, 3.63) is 46.6 Å². The molecule has 42 heavy (non-hydrogen) atoms. The van der Waals surface area contributed by atoms with Crippen molar-refractivity contribution < 1.29 is 47.5 Å². The van der Waals surface area contributed by atoms with Crippen molar-refractivity contribution in [2.75, 3.05) is 27.8 Å². The Morgan fingerprint density at radius 2 is 1.10 bits per heavy atom. The zero-order chi connectivity index (χ0) is 30.3. The molecule has 10 nitrogen and oxygen atoms in total. The van der Waals surface area contributed by atoms with E-state index in [0.717, 1.165) is 0 Å². The van der Waals surface area contributed by atoms with Gasteiger partial charge in [0, 0.05) is 45.2 Å². The summed E-state index contributed by atoms with van der Waals surface area (Å²) in [5, 5.41) is 0. The van der Waals surface area contributed by atoms with Gasteiger partial charge in [0.15, 0.2) is 23.0 Å². The molecule has 3 aliphatic rings. The van der Waals surface area contributed by atoms with E-state index in [-0.39, 0.29) is 25.4 Å². The Morgan fingerprint density at radius 1 is 0.714 bits per heavy atom. The highest BCUT2D eigenvalue weighted by atomic mass is 16.7. The van der Waals surface area contributed by atoms with Crippen LogP contribution in [0.3, 0.4) is 0 Å². The van der Waals surface area contributed by atoms with E-state index in [1.165, 1.54) is 14.2 Å². The fourth-order valence-corrected chi connectivity index (χ4v) is 5.53. The van der Waals surface area contributed by atoms with Crippen molar-refractivity contribution in [1.82, 2.24) is 0 Å². The second-order valence-electron chi connectivity index (χ2n) is 10.5.